The first kappa shape index (κ1) is 17.7. The average Bonchev–Trinajstić information content (AvgIpc) is 3.08. The Morgan fingerprint density at radius 2 is 1.93 bits per heavy atom. The Morgan fingerprint density at radius 1 is 1.07 bits per heavy atom. The van der Waals surface area contributed by atoms with Crippen LogP contribution in [0.25, 0.3) is 32.9 Å². The van der Waals surface area contributed by atoms with Crippen LogP contribution in [-0.4, -0.2) is 41.2 Å². The van der Waals surface area contributed by atoms with Crippen molar-refractivity contribution in [2.75, 3.05) is 26.3 Å². The fraction of sp³-hybridized carbons (Fsp3) is 0.261. The molecule has 28 heavy (non-hydrogen) atoms. The van der Waals surface area contributed by atoms with Gasteiger partial charge in [-0.25, -0.2) is 0 Å². The molecule has 1 N–H and O–H groups in total. The lowest BCUT2D eigenvalue weighted by Crippen LogP contribution is -2.35. The molecule has 1 aliphatic heterocycles. The lowest BCUT2D eigenvalue weighted by Gasteiger charge is -2.26. The van der Waals surface area contributed by atoms with Gasteiger partial charge >= 0.3 is 0 Å². The first-order valence-electron chi connectivity index (χ1n) is 9.65. The fourth-order valence-electron chi connectivity index (χ4n) is 4.11. The lowest BCUT2D eigenvalue weighted by atomic mass is 10.00. The van der Waals surface area contributed by atoms with Gasteiger partial charge in [0.05, 0.1) is 29.9 Å². The highest BCUT2D eigenvalue weighted by Crippen LogP contribution is 2.36. The Bertz CT molecular complexity index is 1160. The van der Waals surface area contributed by atoms with Crippen LogP contribution in [0.5, 0.6) is 0 Å². The number of hydrogen-bond donors (Lipinski definition) is 1. The van der Waals surface area contributed by atoms with Crippen LogP contribution in [0.4, 0.5) is 0 Å². The summed E-state index contributed by atoms with van der Waals surface area (Å²) in [4.78, 5) is 10.5. The first-order valence-corrected chi connectivity index (χ1v) is 10.0. The van der Waals surface area contributed by atoms with Crippen LogP contribution in [0.2, 0.25) is 5.02 Å². The summed E-state index contributed by atoms with van der Waals surface area (Å²) in [6.07, 6.45) is 1.86. The zero-order valence-corrected chi connectivity index (χ0v) is 16.6. The highest BCUT2D eigenvalue weighted by atomic mass is 35.5. The third-order valence-electron chi connectivity index (χ3n) is 5.53. The molecule has 2 aromatic carbocycles. The van der Waals surface area contributed by atoms with Crippen molar-refractivity contribution in [3.63, 3.8) is 0 Å². The van der Waals surface area contributed by atoms with E-state index in [1.54, 1.807) is 0 Å². The van der Waals surface area contributed by atoms with Crippen LogP contribution in [0.3, 0.4) is 0 Å². The summed E-state index contributed by atoms with van der Waals surface area (Å²) >= 11 is 6.51. The molecule has 0 saturated carbocycles. The third kappa shape index (κ3) is 3.18. The average molecular weight is 392 g/mol. The van der Waals surface area contributed by atoms with E-state index in [4.69, 9.17) is 16.3 Å². The standard InChI is InChI=1S/C23H22ClN3O/c1-15-22-19(5-6-25-15)21-13-18(24)12-20(23(21)26-22)17-4-2-3-16(11-17)14-27-7-9-28-10-8-27/h2-6,11-13,26H,7-10,14H2,1H3. The van der Waals surface area contributed by atoms with E-state index in [-0.39, 0.29) is 0 Å². The predicted molar refractivity (Wildman–Crippen MR) is 115 cm³/mol. The number of pyridine rings is 1. The number of halogens is 1. The number of rotatable bonds is 3. The molecule has 0 radical (unpaired) electrons. The topological polar surface area (TPSA) is 41.2 Å². The molecule has 1 fully saturated rings. The highest BCUT2D eigenvalue weighted by molar-refractivity contribution is 6.32. The number of morpholine rings is 1. The fourth-order valence-corrected chi connectivity index (χ4v) is 4.33. The molecule has 0 unspecified atom stereocenters. The molecule has 4 nitrogen and oxygen atoms in total. The van der Waals surface area contributed by atoms with Crippen molar-refractivity contribution in [1.29, 1.82) is 0 Å². The molecular weight excluding hydrogens is 370 g/mol. The van der Waals surface area contributed by atoms with Gasteiger partial charge in [-0.15, -0.1) is 0 Å². The minimum absolute atomic E-state index is 0.747. The molecule has 0 bridgehead atoms. The van der Waals surface area contributed by atoms with E-state index in [0.717, 1.165) is 70.9 Å². The quantitative estimate of drug-likeness (QED) is 0.523. The van der Waals surface area contributed by atoms with Crippen LogP contribution in [0, 0.1) is 6.92 Å². The Morgan fingerprint density at radius 3 is 2.79 bits per heavy atom. The van der Waals surface area contributed by atoms with Gasteiger partial charge < -0.3 is 9.72 Å². The molecule has 0 atom stereocenters. The van der Waals surface area contributed by atoms with Gasteiger partial charge in [0.15, 0.2) is 0 Å². The maximum atomic E-state index is 6.51. The molecule has 0 aliphatic carbocycles. The van der Waals surface area contributed by atoms with Gasteiger partial charge in [-0.05, 0) is 42.3 Å². The normalized spacial score (nSPS) is 15.5. The molecular formula is C23H22ClN3O. The Hall–Kier alpha value is -2.40. The third-order valence-corrected chi connectivity index (χ3v) is 5.75. The first-order chi connectivity index (χ1) is 13.7. The molecule has 4 aromatic rings. The zero-order chi connectivity index (χ0) is 19.1. The van der Waals surface area contributed by atoms with Crippen molar-refractivity contribution in [2.24, 2.45) is 0 Å². The van der Waals surface area contributed by atoms with E-state index >= 15 is 0 Å². The van der Waals surface area contributed by atoms with Crippen LogP contribution < -0.4 is 0 Å². The van der Waals surface area contributed by atoms with Crippen molar-refractivity contribution >= 4 is 33.4 Å². The number of hydrogen-bond acceptors (Lipinski definition) is 3. The number of fused-ring (bicyclic) bond motifs is 3. The summed E-state index contributed by atoms with van der Waals surface area (Å²) in [5.74, 6) is 0. The number of ether oxygens (including phenoxy) is 1. The molecule has 2 aromatic heterocycles. The minimum atomic E-state index is 0.747. The van der Waals surface area contributed by atoms with Crippen molar-refractivity contribution in [1.82, 2.24) is 14.9 Å². The molecule has 1 aliphatic rings. The lowest BCUT2D eigenvalue weighted by molar-refractivity contribution is 0.0342. The summed E-state index contributed by atoms with van der Waals surface area (Å²) < 4.78 is 5.46. The van der Waals surface area contributed by atoms with E-state index in [2.05, 4.69) is 51.3 Å². The van der Waals surface area contributed by atoms with E-state index in [1.807, 2.05) is 19.2 Å². The van der Waals surface area contributed by atoms with Crippen molar-refractivity contribution in [3.8, 4) is 11.1 Å². The van der Waals surface area contributed by atoms with Gasteiger partial charge in [-0.2, -0.15) is 0 Å². The molecule has 5 rings (SSSR count). The van der Waals surface area contributed by atoms with E-state index in [1.165, 1.54) is 11.1 Å². The van der Waals surface area contributed by atoms with E-state index in [0.29, 0.717) is 0 Å². The van der Waals surface area contributed by atoms with Crippen LogP contribution in [0.1, 0.15) is 11.3 Å². The second kappa shape index (κ2) is 7.21. The minimum Gasteiger partial charge on any atom is -0.379 e. The summed E-state index contributed by atoms with van der Waals surface area (Å²) in [6.45, 7) is 6.58. The SMILES string of the molecule is Cc1nccc2c1[nH]c1c(-c3cccc(CN4CCOCC4)c3)cc(Cl)cc12. The summed E-state index contributed by atoms with van der Waals surface area (Å²) in [6, 6.07) is 14.9. The van der Waals surface area contributed by atoms with Crippen molar-refractivity contribution in [2.45, 2.75) is 13.5 Å². The highest BCUT2D eigenvalue weighted by Gasteiger charge is 2.15. The smallest absolute Gasteiger partial charge is 0.0681 e. The summed E-state index contributed by atoms with van der Waals surface area (Å²) in [5.41, 5.74) is 6.79. The van der Waals surface area contributed by atoms with Gasteiger partial charge in [0, 0.05) is 47.2 Å². The van der Waals surface area contributed by atoms with Crippen LogP contribution >= 0.6 is 11.6 Å². The number of benzene rings is 2. The monoisotopic (exact) mass is 391 g/mol. The molecule has 142 valence electrons. The molecule has 1 saturated heterocycles. The van der Waals surface area contributed by atoms with Gasteiger partial charge in [0.2, 0.25) is 0 Å². The number of nitrogens with zero attached hydrogens (tertiary/aromatic N) is 2. The molecule has 0 spiro atoms. The zero-order valence-electron chi connectivity index (χ0n) is 15.8. The predicted octanol–water partition coefficient (Wildman–Crippen LogP) is 5.18. The number of aromatic amines is 1. The van der Waals surface area contributed by atoms with E-state index < -0.39 is 0 Å². The van der Waals surface area contributed by atoms with Gasteiger partial charge in [-0.3, -0.25) is 9.88 Å². The second-order valence-electron chi connectivity index (χ2n) is 7.41. The Kier molecular flexibility index (Phi) is 4.55. The van der Waals surface area contributed by atoms with Crippen LogP contribution in [0.15, 0.2) is 48.7 Å². The number of H-pyrrole nitrogens is 1. The van der Waals surface area contributed by atoms with E-state index in [9.17, 15) is 0 Å². The largest absolute Gasteiger partial charge is 0.379 e. The van der Waals surface area contributed by atoms with Crippen molar-refractivity contribution < 1.29 is 4.74 Å². The Balaban J connectivity index is 1.61. The van der Waals surface area contributed by atoms with Crippen molar-refractivity contribution in [3.05, 3.63) is 64.9 Å². The maximum Gasteiger partial charge on any atom is 0.0681 e. The molecule has 3 heterocycles. The van der Waals surface area contributed by atoms with Gasteiger partial charge in [0.25, 0.3) is 0 Å². The number of aryl methyl sites for hydroxylation is 1. The van der Waals surface area contributed by atoms with Crippen LogP contribution in [-0.2, 0) is 11.3 Å². The maximum absolute atomic E-state index is 6.51. The number of aromatic nitrogens is 2. The number of nitrogens with one attached hydrogen (secondary N) is 1. The van der Waals surface area contributed by atoms with Gasteiger partial charge in [-0.1, -0.05) is 29.8 Å². The Labute approximate surface area is 169 Å². The summed E-state index contributed by atoms with van der Waals surface area (Å²) in [7, 11) is 0. The second-order valence-corrected chi connectivity index (χ2v) is 7.85. The molecule has 5 heteroatoms. The summed E-state index contributed by atoms with van der Waals surface area (Å²) in [5, 5.41) is 3.05. The molecule has 0 amide bonds. The van der Waals surface area contributed by atoms with Gasteiger partial charge in [0.1, 0.15) is 0 Å².